The lowest BCUT2D eigenvalue weighted by atomic mass is 10.2. The first-order valence-corrected chi connectivity index (χ1v) is 8.41. The van der Waals surface area contributed by atoms with Gasteiger partial charge >= 0.3 is 6.09 Å². The molecule has 0 saturated carbocycles. The summed E-state index contributed by atoms with van der Waals surface area (Å²) in [5.41, 5.74) is 5.38. The predicted octanol–water partition coefficient (Wildman–Crippen LogP) is 2.13. The smallest absolute Gasteiger partial charge is 0.423 e. The number of hydrogen-bond donors (Lipinski definition) is 1. The summed E-state index contributed by atoms with van der Waals surface area (Å²) in [4.78, 5) is 21.6. The number of benzene rings is 2. The second-order valence-electron chi connectivity index (χ2n) is 4.99. The summed E-state index contributed by atoms with van der Waals surface area (Å²) in [6.45, 7) is -0.110. The minimum absolute atomic E-state index is 0.110. The maximum absolute atomic E-state index is 12.4. The van der Waals surface area contributed by atoms with Crippen molar-refractivity contribution in [2.75, 3.05) is 12.8 Å². The minimum Gasteiger partial charge on any atom is -0.444 e. The summed E-state index contributed by atoms with van der Waals surface area (Å²) in [6, 6.07) is 11.7. The second kappa shape index (κ2) is 7.18. The molecule has 0 unspecified atom stereocenters. The number of ether oxygens (including phenoxy) is 1. The van der Waals surface area contributed by atoms with Gasteiger partial charge in [-0.1, -0.05) is 30.3 Å². The van der Waals surface area contributed by atoms with Crippen LogP contribution in [0.15, 0.2) is 53.4 Å². The predicted molar refractivity (Wildman–Crippen MR) is 89.1 cm³/mol. The van der Waals surface area contributed by atoms with Gasteiger partial charge in [-0.05, 0) is 17.7 Å². The number of carbonyl (C=O) groups is 1. The molecule has 0 heterocycles. The van der Waals surface area contributed by atoms with E-state index in [0.29, 0.717) is 9.87 Å². The van der Waals surface area contributed by atoms with E-state index in [4.69, 9.17) is 10.5 Å². The largest absolute Gasteiger partial charge is 0.444 e. The number of nitrogens with two attached hydrogens (primary N) is 1. The lowest BCUT2D eigenvalue weighted by molar-refractivity contribution is -0.384. The van der Waals surface area contributed by atoms with Gasteiger partial charge in [0.05, 0.1) is 9.82 Å². The zero-order valence-electron chi connectivity index (χ0n) is 13.2. The maximum Gasteiger partial charge on any atom is 0.423 e. The van der Waals surface area contributed by atoms with Crippen LogP contribution >= 0.6 is 0 Å². The van der Waals surface area contributed by atoms with Gasteiger partial charge in [0.15, 0.2) is 0 Å². The Morgan fingerprint density at radius 3 is 2.48 bits per heavy atom. The molecule has 0 fully saturated rings. The Labute approximate surface area is 143 Å². The number of carbonyl (C=O) groups excluding carboxylic acids is 1. The average molecular weight is 365 g/mol. The van der Waals surface area contributed by atoms with E-state index in [0.717, 1.165) is 25.2 Å². The van der Waals surface area contributed by atoms with Crippen LogP contribution in [0.1, 0.15) is 5.56 Å². The lowest BCUT2D eigenvalue weighted by Crippen LogP contribution is -2.33. The van der Waals surface area contributed by atoms with Crippen LogP contribution in [0, 0.1) is 10.1 Å². The summed E-state index contributed by atoms with van der Waals surface area (Å²) in [5, 5.41) is 10.9. The normalized spacial score (nSPS) is 10.9. The fourth-order valence-electron chi connectivity index (χ4n) is 1.91. The number of nitro benzene ring substituents is 1. The Bertz CT molecular complexity index is 899. The highest BCUT2D eigenvalue weighted by atomic mass is 32.2. The third kappa shape index (κ3) is 4.04. The van der Waals surface area contributed by atoms with Crippen molar-refractivity contribution < 1.29 is 22.9 Å². The number of hydrogen-bond acceptors (Lipinski definition) is 7. The van der Waals surface area contributed by atoms with Crippen molar-refractivity contribution in [1.82, 2.24) is 4.31 Å². The monoisotopic (exact) mass is 365 g/mol. The van der Waals surface area contributed by atoms with Crippen molar-refractivity contribution in [3.63, 3.8) is 0 Å². The van der Waals surface area contributed by atoms with E-state index in [1.165, 1.54) is 0 Å². The van der Waals surface area contributed by atoms with Crippen LogP contribution in [0.2, 0.25) is 0 Å². The number of sulfonamides is 1. The number of anilines is 1. The van der Waals surface area contributed by atoms with E-state index in [2.05, 4.69) is 0 Å². The van der Waals surface area contributed by atoms with Crippen LogP contribution in [0.25, 0.3) is 0 Å². The third-order valence-corrected chi connectivity index (χ3v) is 5.04. The van der Waals surface area contributed by atoms with Crippen LogP contribution < -0.4 is 5.73 Å². The molecule has 2 N–H and O–H groups in total. The van der Waals surface area contributed by atoms with Gasteiger partial charge in [0.1, 0.15) is 12.3 Å². The Kier molecular flexibility index (Phi) is 5.22. The molecule has 2 aromatic rings. The van der Waals surface area contributed by atoms with Crippen molar-refractivity contribution in [3.8, 4) is 0 Å². The Balaban J connectivity index is 2.19. The summed E-state index contributed by atoms with van der Waals surface area (Å²) in [7, 11) is -3.31. The van der Waals surface area contributed by atoms with Crippen molar-refractivity contribution in [2.24, 2.45) is 0 Å². The molecule has 0 aliphatic carbocycles. The molecule has 2 rings (SSSR count). The molecule has 25 heavy (non-hydrogen) atoms. The molecule has 0 radical (unpaired) electrons. The zero-order chi connectivity index (χ0) is 18.6. The van der Waals surface area contributed by atoms with Crippen molar-refractivity contribution in [2.45, 2.75) is 11.5 Å². The van der Waals surface area contributed by atoms with E-state index >= 15 is 0 Å². The number of rotatable bonds is 5. The molecule has 0 aromatic heterocycles. The fraction of sp³-hybridized carbons (Fsp3) is 0.133. The molecular weight excluding hydrogens is 350 g/mol. The molecule has 9 nitrogen and oxygen atoms in total. The van der Waals surface area contributed by atoms with Crippen molar-refractivity contribution >= 4 is 27.5 Å². The Hall–Kier alpha value is -3.14. The van der Waals surface area contributed by atoms with Crippen LogP contribution in [0.4, 0.5) is 16.2 Å². The minimum atomic E-state index is -4.32. The average Bonchev–Trinajstić information content (AvgIpc) is 2.59. The van der Waals surface area contributed by atoms with Crippen LogP contribution in [0.5, 0.6) is 0 Å². The van der Waals surface area contributed by atoms with Crippen LogP contribution in [0.3, 0.4) is 0 Å². The fourth-order valence-corrected chi connectivity index (χ4v) is 2.97. The topological polar surface area (TPSA) is 133 Å². The highest BCUT2D eigenvalue weighted by Gasteiger charge is 2.29. The van der Waals surface area contributed by atoms with E-state index in [1.54, 1.807) is 30.3 Å². The molecular formula is C15H15N3O6S. The van der Waals surface area contributed by atoms with Gasteiger partial charge < -0.3 is 10.5 Å². The van der Waals surface area contributed by atoms with Crippen molar-refractivity contribution in [1.29, 1.82) is 0 Å². The Morgan fingerprint density at radius 2 is 1.88 bits per heavy atom. The molecule has 1 amide bonds. The van der Waals surface area contributed by atoms with Gasteiger partial charge in [0, 0.05) is 13.1 Å². The zero-order valence-corrected chi connectivity index (χ0v) is 14.0. The van der Waals surface area contributed by atoms with Gasteiger partial charge in [0.25, 0.3) is 15.7 Å². The lowest BCUT2D eigenvalue weighted by Gasteiger charge is -2.17. The Morgan fingerprint density at radius 1 is 1.24 bits per heavy atom. The molecule has 0 bridgehead atoms. The molecule has 0 saturated heterocycles. The first-order valence-electron chi connectivity index (χ1n) is 6.97. The van der Waals surface area contributed by atoms with Crippen molar-refractivity contribution in [3.05, 3.63) is 64.2 Å². The number of amides is 1. The highest BCUT2D eigenvalue weighted by molar-refractivity contribution is 7.89. The quantitative estimate of drug-likeness (QED) is 0.487. The van der Waals surface area contributed by atoms with E-state index in [9.17, 15) is 23.3 Å². The number of nitrogens with zero attached hydrogens (tertiary/aromatic N) is 2. The first-order chi connectivity index (χ1) is 11.7. The number of nitrogen functional groups attached to an aromatic ring is 1. The van der Waals surface area contributed by atoms with Crippen LogP contribution in [-0.4, -0.2) is 30.8 Å². The molecule has 0 aliphatic rings. The highest BCUT2D eigenvalue weighted by Crippen LogP contribution is 2.26. The molecule has 0 spiro atoms. The molecule has 10 heteroatoms. The number of nitro groups is 1. The van der Waals surface area contributed by atoms with Gasteiger partial charge in [-0.2, -0.15) is 0 Å². The standard InChI is InChI=1S/C15H15N3O6S/c1-17(15(19)24-10-11-5-3-2-4-6-11)25(22,23)12-7-8-13(16)14(9-12)18(20)21/h2-9H,10,16H2,1H3. The van der Waals surface area contributed by atoms with Gasteiger partial charge in [-0.3, -0.25) is 10.1 Å². The first kappa shape index (κ1) is 18.2. The van der Waals surface area contributed by atoms with E-state index < -0.39 is 31.6 Å². The molecule has 132 valence electrons. The summed E-state index contributed by atoms with van der Waals surface area (Å²) < 4.78 is 30.2. The van der Waals surface area contributed by atoms with Gasteiger partial charge in [0.2, 0.25) is 0 Å². The third-order valence-electron chi connectivity index (χ3n) is 3.32. The van der Waals surface area contributed by atoms with Gasteiger partial charge in [-0.25, -0.2) is 17.5 Å². The van der Waals surface area contributed by atoms with E-state index in [-0.39, 0.29) is 12.3 Å². The SMILES string of the molecule is CN(C(=O)OCc1ccccc1)S(=O)(=O)c1ccc(N)c([N+](=O)[O-])c1. The summed E-state index contributed by atoms with van der Waals surface area (Å²) >= 11 is 0. The summed E-state index contributed by atoms with van der Waals surface area (Å²) in [6.07, 6.45) is -1.11. The molecule has 2 aromatic carbocycles. The molecule has 0 atom stereocenters. The summed E-state index contributed by atoms with van der Waals surface area (Å²) in [5.74, 6) is 0. The van der Waals surface area contributed by atoms with Gasteiger partial charge in [-0.15, -0.1) is 0 Å². The molecule has 0 aliphatic heterocycles. The van der Waals surface area contributed by atoms with E-state index in [1.807, 2.05) is 0 Å². The maximum atomic E-state index is 12.4. The second-order valence-corrected chi connectivity index (χ2v) is 6.96. The van der Waals surface area contributed by atoms with Crippen LogP contribution in [-0.2, 0) is 21.4 Å².